The zero-order valence-corrected chi connectivity index (χ0v) is 27.5. The van der Waals surface area contributed by atoms with E-state index in [4.69, 9.17) is 9.15 Å². The molecule has 0 atom stereocenters. The van der Waals surface area contributed by atoms with Crippen molar-refractivity contribution in [3.63, 3.8) is 0 Å². The summed E-state index contributed by atoms with van der Waals surface area (Å²) in [6, 6.07) is 8.46. The Morgan fingerprint density at radius 1 is 1.06 bits per heavy atom. The highest BCUT2D eigenvalue weighted by Gasteiger charge is 2.46. The Bertz CT molecular complexity index is 1960. The van der Waals surface area contributed by atoms with Gasteiger partial charge in [-0.1, -0.05) is 12.1 Å². The number of pyridine rings is 1. The number of ether oxygens (including phenoxy) is 1. The van der Waals surface area contributed by atoms with E-state index in [-0.39, 0.29) is 50.1 Å². The van der Waals surface area contributed by atoms with Gasteiger partial charge in [0.1, 0.15) is 5.41 Å². The van der Waals surface area contributed by atoms with E-state index in [1.165, 1.54) is 33.9 Å². The van der Waals surface area contributed by atoms with E-state index in [0.717, 1.165) is 16.1 Å². The molecule has 14 nitrogen and oxygen atoms in total. The molecule has 0 saturated carbocycles. The predicted octanol–water partition coefficient (Wildman–Crippen LogP) is 3.84. The summed E-state index contributed by atoms with van der Waals surface area (Å²) in [5.74, 6) is -0.00598. The number of benzene rings is 1. The third-order valence-electron chi connectivity index (χ3n) is 8.52. The fourth-order valence-electron chi connectivity index (χ4n) is 5.92. The van der Waals surface area contributed by atoms with Crippen LogP contribution in [0.15, 0.2) is 86.2 Å². The lowest BCUT2D eigenvalue weighted by atomic mass is 9.90. The Labute approximate surface area is 271 Å². The van der Waals surface area contributed by atoms with Gasteiger partial charge in [0.05, 0.1) is 29.2 Å². The van der Waals surface area contributed by atoms with Crippen LogP contribution in [0.5, 0.6) is 0 Å². The van der Waals surface area contributed by atoms with Crippen LogP contribution in [0.25, 0.3) is 11.0 Å². The van der Waals surface area contributed by atoms with Gasteiger partial charge in [-0.05, 0) is 51.8 Å². The fourth-order valence-corrected chi connectivity index (χ4v) is 7.55. The first-order valence-electron chi connectivity index (χ1n) is 15.3. The monoisotopic (exact) mass is 667 g/mol. The Morgan fingerprint density at radius 3 is 2.53 bits per heavy atom. The van der Waals surface area contributed by atoms with Gasteiger partial charge in [-0.3, -0.25) is 24.5 Å². The molecular weight excluding hydrogens is 630 g/mol. The number of hydrogen-bond acceptors (Lipinski definition) is 9. The lowest BCUT2D eigenvalue weighted by Crippen LogP contribution is -2.45. The van der Waals surface area contributed by atoms with Gasteiger partial charge in [-0.25, -0.2) is 8.42 Å². The number of carbonyl (C=O) groups excluding carboxylic acids is 2. The summed E-state index contributed by atoms with van der Waals surface area (Å²) in [5, 5.41) is 12.3. The van der Waals surface area contributed by atoms with E-state index in [1.54, 1.807) is 50.2 Å². The van der Waals surface area contributed by atoms with E-state index in [0.29, 0.717) is 36.2 Å². The van der Waals surface area contributed by atoms with Crippen LogP contribution in [0, 0.1) is 15.5 Å². The highest BCUT2D eigenvalue weighted by molar-refractivity contribution is 7.89. The van der Waals surface area contributed by atoms with Gasteiger partial charge in [0, 0.05) is 69.1 Å². The van der Waals surface area contributed by atoms with Crippen LogP contribution < -0.4 is 5.56 Å². The lowest BCUT2D eigenvalue weighted by molar-refractivity contribution is -0.387. The zero-order valence-electron chi connectivity index (χ0n) is 26.7. The minimum Gasteiger partial charge on any atom is -0.498 e. The largest absolute Gasteiger partial charge is 0.498 e. The van der Waals surface area contributed by atoms with Crippen LogP contribution in [-0.4, -0.2) is 77.1 Å². The number of fused-ring (bicyclic) bond motifs is 1. The summed E-state index contributed by atoms with van der Waals surface area (Å²) in [6.45, 7) is 5.38. The number of amides is 2. The van der Waals surface area contributed by atoms with Crippen LogP contribution in [-0.2, 0) is 30.9 Å². The van der Waals surface area contributed by atoms with Gasteiger partial charge in [-0.15, -0.1) is 0 Å². The average molecular weight is 668 g/mol. The minimum atomic E-state index is -4.36. The van der Waals surface area contributed by atoms with Gasteiger partial charge in [-0.2, -0.15) is 4.31 Å². The summed E-state index contributed by atoms with van der Waals surface area (Å²) in [5.41, 5.74) is -0.736. The Kier molecular flexibility index (Phi) is 9.41. The Balaban J connectivity index is 1.34. The fraction of sp³-hybridized carbons (Fsp3) is 0.406. The molecule has 0 N–H and O–H groups in total. The molecule has 2 aromatic heterocycles. The topological polar surface area (TPSA) is 166 Å². The summed E-state index contributed by atoms with van der Waals surface area (Å²) in [6.07, 6.45) is 5.85. The highest BCUT2D eigenvalue weighted by Crippen LogP contribution is 2.37. The number of rotatable bonds is 12. The van der Waals surface area contributed by atoms with Crippen molar-refractivity contribution in [1.82, 2.24) is 18.7 Å². The number of carbonyl (C=O) groups is 2. The maximum atomic E-state index is 13.8. The van der Waals surface area contributed by atoms with Crippen LogP contribution in [0.3, 0.4) is 0 Å². The summed E-state index contributed by atoms with van der Waals surface area (Å²) >= 11 is 0. The van der Waals surface area contributed by atoms with Crippen molar-refractivity contribution in [3.8, 4) is 0 Å². The normalized spacial score (nSPS) is 16.8. The average Bonchev–Trinajstić information content (AvgIpc) is 3.53. The molecule has 3 aromatic rings. The second-order valence-corrected chi connectivity index (χ2v) is 13.7. The van der Waals surface area contributed by atoms with Gasteiger partial charge >= 0.3 is 0 Å². The zero-order chi connectivity index (χ0) is 34.1. The van der Waals surface area contributed by atoms with E-state index in [2.05, 4.69) is 0 Å². The molecule has 2 amide bonds. The van der Waals surface area contributed by atoms with E-state index in [1.807, 2.05) is 6.92 Å². The molecule has 250 valence electrons. The lowest BCUT2D eigenvalue weighted by Gasteiger charge is -2.30. The smallest absolute Gasteiger partial charge is 0.294 e. The molecule has 15 heteroatoms. The quantitative estimate of drug-likeness (QED) is 0.121. The van der Waals surface area contributed by atoms with Crippen molar-refractivity contribution in [3.05, 3.63) is 92.6 Å². The van der Waals surface area contributed by atoms with Crippen LogP contribution >= 0.6 is 0 Å². The van der Waals surface area contributed by atoms with Gasteiger partial charge in [0.25, 0.3) is 11.2 Å². The molecule has 0 fully saturated rings. The highest BCUT2D eigenvalue weighted by atomic mass is 32.2. The number of nitro groups is 1. The molecule has 0 saturated heterocycles. The van der Waals surface area contributed by atoms with E-state index < -0.39 is 36.5 Å². The summed E-state index contributed by atoms with van der Waals surface area (Å²) in [7, 11) is -2.73. The molecule has 1 aromatic carbocycles. The van der Waals surface area contributed by atoms with Crippen LogP contribution in [0.1, 0.15) is 40.0 Å². The van der Waals surface area contributed by atoms with Gasteiger partial charge < -0.3 is 23.5 Å². The Morgan fingerprint density at radius 2 is 1.81 bits per heavy atom. The predicted molar refractivity (Wildman–Crippen MR) is 171 cm³/mol. The van der Waals surface area contributed by atoms with Crippen molar-refractivity contribution in [1.29, 1.82) is 0 Å². The van der Waals surface area contributed by atoms with E-state index in [9.17, 15) is 32.9 Å². The van der Waals surface area contributed by atoms with Crippen molar-refractivity contribution < 1.29 is 32.1 Å². The van der Waals surface area contributed by atoms with Crippen LogP contribution in [0.2, 0.25) is 0 Å². The first-order valence-corrected chi connectivity index (χ1v) is 16.7. The Hall–Kier alpha value is -4.76. The van der Waals surface area contributed by atoms with Crippen molar-refractivity contribution in [2.24, 2.45) is 5.41 Å². The summed E-state index contributed by atoms with van der Waals surface area (Å²) in [4.78, 5) is 52.9. The number of nitro benzene ring substituents is 1. The van der Waals surface area contributed by atoms with E-state index >= 15 is 0 Å². The summed E-state index contributed by atoms with van der Waals surface area (Å²) < 4.78 is 41.4. The maximum absolute atomic E-state index is 13.8. The third-order valence-corrected chi connectivity index (χ3v) is 10.5. The number of aromatic nitrogens is 1. The number of hydrogen-bond donors (Lipinski definition) is 0. The molecule has 2 aliphatic rings. The number of sulfonamides is 1. The maximum Gasteiger partial charge on any atom is 0.294 e. The molecule has 1 aliphatic heterocycles. The number of likely N-dealkylation sites (N-methyl/N-ethyl adjacent to an activating group) is 1. The van der Waals surface area contributed by atoms with Crippen molar-refractivity contribution in [2.75, 3.05) is 33.3 Å². The molecule has 1 aliphatic carbocycles. The van der Waals surface area contributed by atoms with Crippen LogP contribution in [0.4, 0.5) is 5.69 Å². The SMILES string of the molecule is CCN1C(=O)C(C)(C)C(=O)N(C)C2=C1CCC(OCCCN(CCn1ccc3ccoc3c1=O)S(=O)(=O)c1ccccc1[N+](=O)[O-])=C2. The minimum absolute atomic E-state index is 0.0262. The molecule has 0 radical (unpaired) electrons. The second kappa shape index (κ2) is 13.2. The third kappa shape index (κ3) is 6.32. The second-order valence-electron chi connectivity index (χ2n) is 11.8. The standard InChI is InChI=1S/C32H37N5O9S/c1-5-36-24-12-11-23(21-26(24)33(4)30(39)32(2,3)31(36)40)45-19-8-15-35(47(43,44)27-10-7-6-9-25(27)37(41)42)18-17-34-16-13-22-14-20-46-28(22)29(34)38/h6-7,9-10,13-14,16,20-21H,5,8,11-12,15,17-19H2,1-4H3. The molecular formula is C32H37N5O9S. The molecule has 47 heavy (non-hydrogen) atoms. The molecule has 3 heterocycles. The number of allylic oxidation sites excluding steroid dienone is 3. The number of furan rings is 1. The van der Waals surface area contributed by atoms with Gasteiger partial charge in [0.2, 0.25) is 21.8 Å². The van der Waals surface area contributed by atoms with Gasteiger partial charge in [0.15, 0.2) is 10.5 Å². The molecule has 0 bridgehead atoms. The molecule has 0 unspecified atom stereocenters. The molecule has 0 spiro atoms. The first kappa shape index (κ1) is 33.6. The first-order chi connectivity index (χ1) is 22.3. The van der Waals surface area contributed by atoms with Crippen molar-refractivity contribution >= 4 is 38.5 Å². The molecule has 5 rings (SSSR count). The number of nitrogens with zero attached hydrogens (tertiary/aromatic N) is 5. The number of para-hydroxylation sites is 1. The van der Waals surface area contributed by atoms with Crippen molar-refractivity contribution in [2.45, 2.75) is 51.5 Å².